The summed E-state index contributed by atoms with van der Waals surface area (Å²) in [4.78, 5) is 0. The maximum atomic E-state index is 7.50. The van der Waals surface area contributed by atoms with Crippen LogP contribution < -0.4 is 35.4 Å². The molecule has 2 bridgehead atoms. The second-order valence-electron chi connectivity index (χ2n) is 13.9. The predicted molar refractivity (Wildman–Crippen MR) is 203 cm³/mol. The average molecular weight is 964 g/mol. The van der Waals surface area contributed by atoms with Crippen molar-refractivity contribution in [3.63, 3.8) is 0 Å². The topological polar surface area (TPSA) is 58.3 Å². The number of benzene rings is 3. The third-order valence-electron chi connectivity index (χ3n) is 9.49. The molecule has 5 aliphatic rings. The molecule has 0 spiro atoms. The zero-order valence-corrected chi connectivity index (χ0v) is 38.4. The van der Waals surface area contributed by atoms with Crippen molar-refractivity contribution in [3.05, 3.63) is 107 Å². The molecule has 2 fully saturated rings. The monoisotopic (exact) mass is 962 g/mol. The first-order valence-corrected chi connectivity index (χ1v) is 20.7. The first kappa shape index (κ1) is 53.8. The molecule has 0 amide bonds. The minimum Gasteiger partial charge on any atom is -1.00 e. The molecular formula is C42H56Cl2O4P2Rh2-2. The Morgan fingerprint density at radius 2 is 0.769 bits per heavy atom. The number of rotatable bonds is 6. The molecule has 0 saturated carbocycles. The fourth-order valence-corrected chi connectivity index (χ4v) is 14.2. The second-order valence-corrected chi connectivity index (χ2v) is 20.6. The Morgan fingerprint density at radius 1 is 0.481 bits per heavy atom. The van der Waals surface area contributed by atoms with E-state index in [0.717, 1.165) is 26.4 Å². The molecule has 2 heterocycles. The van der Waals surface area contributed by atoms with Crippen molar-refractivity contribution in [1.29, 1.82) is 0 Å². The molecule has 0 atom stereocenters. The molecular weight excluding hydrogens is 907 g/mol. The number of hydrogen-bond acceptors (Lipinski definition) is 2. The van der Waals surface area contributed by atoms with Crippen LogP contribution in [0.5, 0.6) is 0 Å². The first-order valence-electron chi connectivity index (χ1n) is 17.7. The Bertz CT molecular complexity index is 1370. The van der Waals surface area contributed by atoms with Gasteiger partial charge in [0.05, 0.1) is 0 Å². The van der Waals surface area contributed by atoms with E-state index >= 15 is 0 Å². The van der Waals surface area contributed by atoms with Crippen molar-refractivity contribution >= 4 is 26.5 Å². The fourth-order valence-electron chi connectivity index (χ4n) is 8.04. The van der Waals surface area contributed by atoms with Gasteiger partial charge < -0.3 is 34.3 Å². The Hall–Kier alpha value is -0.253. The van der Waals surface area contributed by atoms with Gasteiger partial charge in [-0.3, -0.25) is 0 Å². The van der Waals surface area contributed by atoms with Gasteiger partial charge in [0.25, 0.3) is 0 Å². The molecule has 52 heavy (non-hydrogen) atoms. The van der Waals surface area contributed by atoms with Crippen molar-refractivity contribution in [2.24, 2.45) is 0 Å². The van der Waals surface area contributed by atoms with Crippen LogP contribution >= 0.6 is 15.8 Å². The van der Waals surface area contributed by atoms with Crippen molar-refractivity contribution in [3.8, 4) is 0 Å². The van der Waals surface area contributed by atoms with Gasteiger partial charge in [-0.25, -0.2) is 0 Å². The van der Waals surface area contributed by atoms with Gasteiger partial charge in [0.15, 0.2) is 0 Å². The van der Waals surface area contributed by atoms with Crippen molar-refractivity contribution in [2.75, 3.05) is 26.4 Å². The number of halogens is 2. The summed E-state index contributed by atoms with van der Waals surface area (Å²) in [6.45, 7) is 32.5. The van der Waals surface area contributed by atoms with E-state index in [1.165, 1.54) is 25.7 Å². The molecule has 2 aliphatic heterocycles. The SMILES string of the molecule is C1CCOC1.C1CCOC1.CC(C)P(c1cccc2c1C1c3ccccc3C2c2cccc(P(C(C)C)C(C)C)c21)C(C)C.[C-]#[O+].[C-]#[O+].[Cl-].[Cl-].[Rh].[Rh]. The minimum absolute atomic E-state index is 0. The maximum Gasteiger partial charge on any atom is 0 e. The molecule has 3 aliphatic carbocycles. The van der Waals surface area contributed by atoms with Crippen LogP contribution in [0, 0.1) is 13.3 Å². The summed E-state index contributed by atoms with van der Waals surface area (Å²) in [6, 6.07) is 23.9. The zero-order valence-electron chi connectivity index (χ0n) is 31.8. The van der Waals surface area contributed by atoms with E-state index < -0.39 is 0 Å². The molecule has 2 saturated heterocycles. The quantitative estimate of drug-likeness (QED) is 0.112. The van der Waals surface area contributed by atoms with Gasteiger partial charge in [-0.05, 0) is 92.3 Å². The van der Waals surface area contributed by atoms with Gasteiger partial charge in [0, 0.05) is 77.2 Å². The average Bonchev–Trinajstić information content (AvgIpc) is 3.87. The smallest absolute Gasteiger partial charge is 0 e. The van der Waals surface area contributed by atoms with Crippen molar-refractivity contribution in [2.45, 2.75) is 116 Å². The second kappa shape index (κ2) is 27.4. The third-order valence-corrected chi connectivity index (χ3v) is 15.8. The van der Waals surface area contributed by atoms with Crippen LogP contribution in [-0.2, 0) is 57.7 Å². The van der Waals surface area contributed by atoms with Gasteiger partial charge in [-0.15, -0.1) is 0 Å². The molecule has 3 aromatic rings. The van der Waals surface area contributed by atoms with Crippen LogP contribution in [0.15, 0.2) is 60.7 Å². The van der Waals surface area contributed by atoms with Crippen LogP contribution in [0.25, 0.3) is 0 Å². The van der Waals surface area contributed by atoms with Gasteiger partial charge >= 0.3 is 22.6 Å². The summed E-state index contributed by atoms with van der Waals surface area (Å²) in [6.07, 6.45) is 5.11. The van der Waals surface area contributed by atoms with E-state index in [2.05, 4.69) is 129 Å². The van der Waals surface area contributed by atoms with E-state index in [1.807, 2.05) is 0 Å². The maximum absolute atomic E-state index is 7.50. The molecule has 10 heteroatoms. The molecule has 4 nitrogen and oxygen atoms in total. The van der Waals surface area contributed by atoms with Crippen LogP contribution in [0.3, 0.4) is 0 Å². The van der Waals surface area contributed by atoms with E-state index in [-0.39, 0.29) is 79.6 Å². The van der Waals surface area contributed by atoms with Crippen LogP contribution in [0.4, 0.5) is 0 Å². The normalized spacial score (nSPS) is 16.7. The fraction of sp³-hybridized carbons (Fsp3) is 0.524. The Kier molecular flexibility index (Phi) is 28.3. The molecule has 292 valence electrons. The molecule has 0 aromatic heterocycles. The Balaban J connectivity index is 0. The summed E-state index contributed by atoms with van der Waals surface area (Å²) in [7, 11) is -0.447. The van der Waals surface area contributed by atoms with Crippen molar-refractivity contribution < 1.29 is 82.5 Å². The standard InChI is InChI=1S/C32H40P2.2C4H8O.2CO.2ClH.2Rh/c1-19(2)33(20(3)4)27-17-11-15-25-29-23-13-9-10-14-24(23)32(30(25)27)31-26(29)16-12-18-28(31)34(21(5)6)22(7)8;2*1-2-4-5-3-1;2*1-2;;;;/h9-22,29,32H,1-8H3;2*1-4H2;;;2*1H;;/p-2. The van der Waals surface area contributed by atoms with Crippen LogP contribution in [-0.4, -0.2) is 49.1 Å². The van der Waals surface area contributed by atoms with Crippen molar-refractivity contribution in [1.82, 2.24) is 0 Å². The molecule has 0 unspecified atom stereocenters. The van der Waals surface area contributed by atoms with Gasteiger partial charge in [0.2, 0.25) is 0 Å². The zero-order chi connectivity index (χ0) is 35.4. The summed E-state index contributed by atoms with van der Waals surface area (Å²) in [5.74, 6) is 0.752. The molecule has 0 N–H and O–H groups in total. The summed E-state index contributed by atoms with van der Waals surface area (Å²) >= 11 is 0. The van der Waals surface area contributed by atoms with E-state index in [9.17, 15) is 0 Å². The predicted octanol–water partition coefficient (Wildman–Crippen LogP) is 4.04. The third kappa shape index (κ3) is 12.6. The summed E-state index contributed by atoms with van der Waals surface area (Å²) in [5.41, 5.74) is 12.4. The van der Waals surface area contributed by atoms with Gasteiger partial charge in [-0.2, -0.15) is 0 Å². The molecule has 3 aromatic carbocycles. The summed E-state index contributed by atoms with van der Waals surface area (Å²) < 4.78 is 24.9. The van der Waals surface area contributed by atoms with Crippen LogP contribution in [0.2, 0.25) is 0 Å². The minimum atomic E-state index is -0.223. The van der Waals surface area contributed by atoms with Gasteiger partial charge in [0.1, 0.15) is 0 Å². The van der Waals surface area contributed by atoms with Gasteiger partial charge in [-0.1, -0.05) is 132 Å². The molecule has 8 rings (SSSR count). The number of hydrogen-bond donors (Lipinski definition) is 0. The first-order chi connectivity index (χ1) is 23.2. The number of ether oxygens (including phenoxy) is 2. The summed E-state index contributed by atoms with van der Waals surface area (Å²) in [5, 5.41) is 3.33. The Labute approximate surface area is 355 Å². The van der Waals surface area contributed by atoms with E-state index in [1.54, 1.807) is 44.0 Å². The van der Waals surface area contributed by atoms with Crippen LogP contribution in [0.1, 0.15) is 126 Å². The molecule has 2 radical (unpaired) electrons. The van der Waals surface area contributed by atoms with E-state index in [4.69, 9.17) is 18.8 Å². The largest absolute Gasteiger partial charge is 1.00 e. The van der Waals surface area contributed by atoms with E-state index in [0.29, 0.717) is 34.5 Å². The Morgan fingerprint density at radius 3 is 1.04 bits per heavy atom.